The van der Waals surface area contributed by atoms with Gasteiger partial charge in [-0.25, -0.2) is 4.98 Å². The summed E-state index contributed by atoms with van der Waals surface area (Å²) >= 11 is 0. The number of rotatable bonds is 5. The quantitative estimate of drug-likeness (QED) is 0.463. The van der Waals surface area contributed by atoms with Gasteiger partial charge in [0.25, 0.3) is 5.91 Å². The average Bonchev–Trinajstić information content (AvgIpc) is 3.13. The van der Waals surface area contributed by atoms with E-state index in [1.165, 1.54) is 7.05 Å². The van der Waals surface area contributed by atoms with Gasteiger partial charge in [-0.1, -0.05) is 0 Å². The maximum Gasteiger partial charge on any atom is 0.274 e. The highest BCUT2D eigenvalue weighted by atomic mass is 16.2. The zero-order valence-corrected chi connectivity index (χ0v) is 14.7. The summed E-state index contributed by atoms with van der Waals surface area (Å²) in [4.78, 5) is 33.7. The highest BCUT2D eigenvalue weighted by Crippen LogP contribution is 2.12. The minimum absolute atomic E-state index is 0.160. The van der Waals surface area contributed by atoms with Crippen LogP contribution in [0.25, 0.3) is 5.52 Å². The first-order chi connectivity index (χ1) is 12.9. The van der Waals surface area contributed by atoms with E-state index in [-0.39, 0.29) is 24.2 Å². The Hall–Kier alpha value is -3.75. The Kier molecular flexibility index (Phi) is 5.11. The summed E-state index contributed by atoms with van der Waals surface area (Å²) < 4.78 is 1.82. The lowest BCUT2D eigenvalue weighted by Crippen LogP contribution is -2.38. The number of anilines is 1. The molecule has 3 aromatic heterocycles. The van der Waals surface area contributed by atoms with Gasteiger partial charge in [0.2, 0.25) is 5.91 Å². The van der Waals surface area contributed by atoms with E-state index < -0.39 is 0 Å². The fourth-order valence-corrected chi connectivity index (χ4v) is 2.49. The third-order valence-electron chi connectivity index (χ3n) is 4.06. The van der Waals surface area contributed by atoms with Crippen LogP contribution in [-0.4, -0.2) is 44.1 Å². The molecule has 0 aliphatic carbocycles. The largest absolute Gasteiger partial charge is 0.370 e. The van der Waals surface area contributed by atoms with Crippen molar-refractivity contribution in [3.05, 3.63) is 60.4 Å². The molecule has 0 bridgehead atoms. The fraction of sp³-hybridized carbons (Fsp3) is 0.167. The number of aromatic nitrogens is 3. The summed E-state index contributed by atoms with van der Waals surface area (Å²) in [6, 6.07) is 8.83. The van der Waals surface area contributed by atoms with Crippen molar-refractivity contribution >= 4 is 29.0 Å². The lowest BCUT2D eigenvalue weighted by molar-refractivity contribution is -0.126. The third kappa shape index (κ3) is 4.27. The van der Waals surface area contributed by atoms with Crippen molar-refractivity contribution < 1.29 is 9.59 Å². The number of hydrogen-bond donors (Lipinski definition) is 3. The Morgan fingerprint density at radius 2 is 2.11 bits per heavy atom. The van der Waals surface area contributed by atoms with Gasteiger partial charge >= 0.3 is 0 Å². The minimum Gasteiger partial charge on any atom is -0.370 e. The lowest BCUT2D eigenvalue weighted by atomic mass is 10.2. The summed E-state index contributed by atoms with van der Waals surface area (Å²) in [5.74, 6) is -0.909. The van der Waals surface area contributed by atoms with E-state index in [1.54, 1.807) is 30.7 Å². The Bertz CT molecular complexity index is 1010. The summed E-state index contributed by atoms with van der Waals surface area (Å²) in [6.07, 6.45) is 5.53. The molecular formula is C18H19N7O2. The minimum atomic E-state index is -0.330. The zero-order valence-electron chi connectivity index (χ0n) is 14.7. The Morgan fingerprint density at radius 1 is 1.30 bits per heavy atom. The SMILES string of the molecule is CN(C(=N)N)C(=O)CCc1cc(NC(=O)c2cc3cccn3cn2)ccn1. The average molecular weight is 365 g/mol. The first-order valence-electron chi connectivity index (χ1n) is 8.23. The molecule has 2 amide bonds. The van der Waals surface area contributed by atoms with E-state index in [4.69, 9.17) is 11.1 Å². The number of carbonyl (C=O) groups is 2. The Morgan fingerprint density at radius 3 is 2.89 bits per heavy atom. The molecule has 0 atom stereocenters. The van der Waals surface area contributed by atoms with Crippen LogP contribution in [0.5, 0.6) is 0 Å². The van der Waals surface area contributed by atoms with E-state index >= 15 is 0 Å². The van der Waals surface area contributed by atoms with Gasteiger partial charge in [-0.15, -0.1) is 0 Å². The first-order valence-corrected chi connectivity index (χ1v) is 8.23. The van der Waals surface area contributed by atoms with Gasteiger partial charge in [-0.05, 0) is 36.8 Å². The normalized spacial score (nSPS) is 10.6. The number of carbonyl (C=O) groups excluding carboxylic acids is 2. The Labute approximate surface area is 155 Å². The number of aryl methyl sites for hydroxylation is 1. The van der Waals surface area contributed by atoms with Crippen LogP contribution < -0.4 is 11.1 Å². The van der Waals surface area contributed by atoms with Crippen LogP contribution in [0.4, 0.5) is 5.69 Å². The van der Waals surface area contributed by atoms with Crippen LogP contribution in [0.15, 0.2) is 49.1 Å². The first kappa shape index (κ1) is 18.1. The van der Waals surface area contributed by atoms with Crippen molar-refractivity contribution in [2.24, 2.45) is 5.73 Å². The molecule has 0 radical (unpaired) electrons. The van der Waals surface area contributed by atoms with Crippen molar-refractivity contribution in [3.8, 4) is 0 Å². The van der Waals surface area contributed by atoms with Crippen molar-refractivity contribution in [1.29, 1.82) is 5.41 Å². The van der Waals surface area contributed by atoms with Gasteiger partial charge in [0, 0.05) is 42.8 Å². The maximum absolute atomic E-state index is 12.4. The van der Waals surface area contributed by atoms with Gasteiger partial charge in [-0.3, -0.25) is 24.9 Å². The van der Waals surface area contributed by atoms with Gasteiger partial charge in [-0.2, -0.15) is 0 Å². The second kappa shape index (κ2) is 7.65. The smallest absolute Gasteiger partial charge is 0.274 e. The van der Waals surface area contributed by atoms with Crippen LogP contribution in [0.3, 0.4) is 0 Å². The Balaban J connectivity index is 1.65. The van der Waals surface area contributed by atoms with E-state index in [0.29, 0.717) is 23.5 Å². The topological polar surface area (TPSA) is 129 Å². The highest BCUT2D eigenvalue weighted by Gasteiger charge is 2.13. The molecule has 0 saturated carbocycles. The molecule has 0 aromatic carbocycles. The second-order valence-corrected chi connectivity index (χ2v) is 5.94. The van der Waals surface area contributed by atoms with Gasteiger partial charge in [0.15, 0.2) is 5.96 Å². The third-order valence-corrected chi connectivity index (χ3v) is 4.06. The molecule has 9 nitrogen and oxygen atoms in total. The van der Waals surface area contributed by atoms with Gasteiger partial charge in [0.1, 0.15) is 5.69 Å². The molecule has 0 spiro atoms. The predicted molar refractivity (Wildman–Crippen MR) is 100 cm³/mol. The number of nitrogens with one attached hydrogen (secondary N) is 2. The van der Waals surface area contributed by atoms with Crippen molar-refractivity contribution in [2.45, 2.75) is 12.8 Å². The van der Waals surface area contributed by atoms with Crippen LogP contribution in [-0.2, 0) is 11.2 Å². The van der Waals surface area contributed by atoms with Crippen molar-refractivity contribution in [2.75, 3.05) is 12.4 Å². The number of amides is 2. The number of fused-ring (bicyclic) bond motifs is 1. The van der Waals surface area contributed by atoms with E-state index in [0.717, 1.165) is 10.4 Å². The second-order valence-electron chi connectivity index (χ2n) is 5.94. The molecule has 9 heteroatoms. The summed E-state index contributed by atoms with van der Waals surface area (Å²) in [5.41, 5.74) is 7.67. The summed E-state index contributed by atoms with van der Waals surface area (Å²) in [5, 5.41) is 10.0. The standard InChI is InChI=1S/C18H19N7O2/c1-24(18(19)20)16(26)5-4-12-9-13(6-7-21-12)23-17(27)15-10-14-3-2-8-25(14)11-22-15/h2-3,6-11H,4-5H2,1H3,(H3,19,20)(H,21,23,27). The molecule has 3 aromatic rings. The number of guanidine groups is 1. The van der Waals surface area contributed by atoms with Crippen molar-refractivity contribution in [3.63, 3.8) is 0 Å². The molecule has 0 aliphatic heterocycles. The molecule has 138 valence electrons. The van der Waals surface area contributed by atoms with Gasteiger partial charge < -0.3 is 15.5 Å². The maximum atomic E-state index is 12.4. The number of nitrogens with two attached hydrogens (primary N) is 1. The number of pyridine rings is 1. The fourth-order valence-electron chi connectivity index (χ4n) is 2.49. The predicted octanol–water partition coefficient (Wildman–Crippen LogP) is 1.27. The van der Waals surface area contributed by atoms with Crippen LogP contribution >= 0.6 is 0 Å². The molecular weight excluding hydrogens is 346 g/mol. The van der Waals surface area contributed by atoms with E-state index in [9.17, 15) is 9.59 Å². The summed E-state index contributed by atoms with van der Waals surface area (Å²) in [7, 11) is 1.45. The monoisotopic (exact) mass is 365 g/mol. The highest BCUT2D eigenvalue weighted by molar-refractivity contribution is 6.03. The number of nitrogens with zero attached hydrogens (tertiary/aromatic N) is 4. The number of hydrogen-bond acceptors (Lipinski definition) is 5. The lowest BCUT2D eigenvalue weighted by Gasteiger charge is -2.14. The molecule has 27 heavy (non-hydrogen) atoms. The molecule has 3 heterocycles. The zero-order chi connectivity index (χ0) is 19.4. The van der Waals surface area contributed by atoms with Crippen LogP contribution in [0.2, 0.25) is 0 Å². The molecule has 0 fully saturated rings. The molecule has 0 saturated heterocycles. The van der Waals surface area contributed by atoms with Gasteiger partial charge in [0.05, 0.1) is 6.33 Å². The molecule has 4 N–H and O–H groups in total. The summed E-state index contributed by atoms with van der Waals surface area (Å²) in [6.45, 7) is 0. The molecule has 3 rings (SSSR count). The molecule has 0 aliphatic rings. The molecule has 0 unspecified atom stereocenters. The van der Waals surface area contributed by atoms with E-state index in [2.05, 4.69) is 15.3 Å². The van der Waals surface area contributed by atoms with E-state index in [1.807, 2.05) is 22.7 Å². The van der Waals surface area contributed by atoms with Crippen molar-refractivity contribution in [1.82, 2.24) is 19.3 Å². The van der Waals surface area contributed by atoms with Crippen LogP contribution in [0, 0.1) is 5.41 Å². The van der Waals surface area contributed by atoms with Crippen LogP contribution in [0.1, 0.15) is 22.6 Å².